The van der Waals surface area contributed by atoms with Gasteiger partial charge in [0.25, 0.3) is 0 Å². The highest BCUT2D eigenvalue weighted by Gasteiger charge is 2.32. The fraction of sp³-hybridized carbons (Fsp3) is 0.846. The largest absolute Gasteiger partial charge is 0.353 e. The smallest absolute Gasteiger partial charge is 0.226 e. The zero-order valence-corrected chi connectivity index (χ0v) is 11.6. The van der Waals surface area contributed by atoms with E-state index in [9.17, 15) is 9.59 Å². The van der Waals surface area contributed by atoms with E-state index in [0.29, 0.717) is 5.88 Å². The molecule has 1 saturated carbocycles. The van der Waals surface area contributed by atoms with Gasteiger partial charge in [0.05, 0.1) is 0 Å². The Morgan fingerprint density at radius 1 is 1.28 bits per heavy atom. The standard InChI is InChI=1S/C13H21ClN2O2/c1-9(8-14)13(18)16-6-4-11(5-7-16)15-12(17)10-2-3-10/h9-11H,2-8H2,1H3,(H,15,17). The zero-order valence-electron chi connectivity index (χ0n) is 10.8. The van der Waals surface area contributed by atoms with Crippen LogP contribution in [0.1, 0.15) is 32.6 Å². The Morgan fingerprint density at radius 2 is 1.89 bits per heavy atom. The Hall–Kier alpha value is -0.770. The van der Waals surface area contributed by atoms with Gasteiger partial charge in [0.15, 0.2) is 0 Å². The fourth-order valence-corrected chi connectivity index (χ4v) is 2.42. The van der Waals surface area contributed by atoms with Crippen molar-refractivity contribution in [3.8, 4) is 0 Å². The van der Waals surface area contributed by atoms with Crippen LogP contribution in [0.15, 0.2) is 0 Å². The van der Waals surface area contributed by atoms with Crippen LogP contribution in [0.25, 0.3) is 0 Å². The van der Waals surface area contributed by atoms with Gasteiger partial charge in [-0.2, -0.15) is 0 Å². The molecule has 4 nitrogen and oxygen atoms in total. The molecule has 1 aliphatic heterocycles. The monoisotopic (exact) mass is 272 g/mol. The molecule has 18 heavy (non-hydrogen) atoms. The molecule has 5 heteroatoms. The van der Waals surface area contributed by atoms with Crippen molar-refractivity contribution in [1.82, 2.24) is 10.2 Å². The van der Waals surface area contributed by atoms with Crippen molar-refractivity contribution < 1.29 is 9.59 Å². The minimum absolute atomic E-state index is 0.107. The summed E-state index contributed by atoms with van der Waals surface area (Å²) in [6, 6.07) is 0.244. The molecule has 1 atom stereocenters. The van der Waals surface area contributed by atoms with E-state index in [1.807, 2.05) is 11.8 Å². The Morgan fingerprint density at radius 3 is 2.39 bits per heavy atom. The molecule has 1 N–H and O–H groups in total. The quantitative estimate of drug-likeness (QED) is 0.786. The lowest BCUT2D eigenvalue weighted by Gasteiger charge is -2.33. The molecule has 1 unspecified atom stereocenters. The number of rotatable bonds is 4. The highest BCUT2D eigenvalue weighted by molar-refractivity contribution is 6.19. The minimum atomic E-state index is -0.107. The number of nitrogens with zero attached hydrogens (tertiary/aromatic N) is 1. The molecule has 2 fully saturated rings. The molecule has 102 valence electrons. The predicted octanol–water partition coefficient (Wildman–Crippen LogP) is 1.38. The first-order chi connectivity index (χ1) is 8.61. The maximum atomic E-state index is 11.9. The molecule has 2 aliphatic rings. The van der Waals surface area contributed by atoms with Gasteiger partial charge in [-0.25, -0.2) is 0 Å². The summed E-state index contributed by atoms with van der Waals surface area (Å²) in [6.45, 7) is 3.32. The Kier molecular flexibility index (Phi) is 4.49. The van der Waals surface area contributed by atoms with Gasteiger partial charge in [0.2, 0.25) is 11.8 Å². The van der Waals surface area contributed by atoms with Crippen LogP contribution in [0.3, 0.4) is 0 Å². The number of halogens is 1. The van der Waals surface area contributed by atoms with E-state index in [-0.39, 0.29) is 29.7 Å². The minimum Gasteiger partial charge on any atom is -0.353 e. The topological polar surface area (TPSA) is 49.4 Å². The van der Waals surface area contributed by atoms with Gasteiger partial charge in [-0.1, -0.05) is 6.92 Å². The summed E-state index contributed by atoms with van der Waals surface area (Å²) >= 11 is 5.70. The van der Waals surface area contributed by atoms with Crippen LogP contribution in [0.4, 0.5) is 0 Å². The second kappa shape index (κ2) is 5.91. The second-order valence-electron chi connectivity index (χ2n) is 5.44. The van der Waals surface area contributed by atoms with E-state index in [1.54, 1.807) is 0 Å². The number of hydrogen-bond acceptors (Lipinski definition) is 2. The number of carbonyl (C=O) groups is 2. The predicted molar refractivity (Wildman–Crippen MR) is 70.4 cm³/mol. The molecule has 2 amide bonds. The molecule has 1 saturated heterocycles. The van der Waals surface area contributed by atoms with E-state index in [1.165, 1.54) is 0 Å². The molecular weight excluding hydrogens is 252 g/mol. The second-order valence-corrected chi connectivity index (χ2v) is 5.75. The van der Waals surface area contributed by atoms with Gasteiger partial charge in [-0.15, -0.1) is 11.6 Å². The fourth-order valence-electron chi connectivity index (χ4n) is 2.29. The molecule has 0 aromatic carbocycles. The number of amides is 2. The first-order valence-corrected chi connectivity index (χ1v) is 7.30. The number of nitrogens with one attached hydrogen (secondary N) is 1. The molecule has 0 aromatic rings. The molecule has 2 rings (SSSR count). The van der Waals surface area contributed by atoms with Crippen LogP contribution in [0.5, 0.6) is 0 Å². The van der Waals surface area contributed by atoms with Crippen molar-refractivity contribution >= 4 is 23.4 Å². The van der Waals surface area contributed by atoms with Crippen LogP contribution in [0, 0.1) is 11.8 Å². The number of carbonyl (C=O) groups excluding carboxylic acids is 2. The Labute approximate surface area is 113 Å². The average Bonchev–Trinajstić information content (AvgIpc) is 3.22. The lowest BCUT2D eigenvalue weighted by molar-refractivity contribution is -0.135. The third-order valence-corrected chi connectivity index (χ3v) is 4.22. The zero-order chi connectivity index (χ0) is 13.1. The van der Waals surface area contributed by atoms with Gasteiger partial charge >= 0.3 is 0 Å². The third-order valence-electron chi connectivity index (χ3n) is 3.75. The van der Waals surface area contributed by atoms with Crippen molar-refractivity contribution in [1.29, 1.82) is 0 Å². The van der Waals surface area contributed by atoms with Gasteiger partial charge in [0, 0.05) is 36.8 Å². The normalized spacial score (nSPS) is 22.7. The van der Waals surface area contributed by atoms with Crippen molar-refractivity contribution in [2.45, 2.75) is 38.6 Å². The summed E-state index contributed by atoms with van der Waals surface area (Å²) in [6.07, 6.45) is 3.80. The van der Waals surface area contributed by atoms with Crippen molar-refractivity contribution in [2.75, 3.05) is 19.0 Å². The maximum absolute atomic E-state index is 11.9. The molecule has 0 aromatic heterocycles. The van der Waals surface area contributed by atoms with Crippen molar-refractivity contribution in [2.24, 2.45) is 11.8 Å². The third kappa shape index (κ3) is 3.37. The van der Waals surface area contributed by atoms with Crippen LogP contribution in [0.2, 0.25) is 0 Å². The lowest BCUT2D eigenvalue weighted by Crippen LogP contribution is -2.48. The SMILES string of the molecule is CC(CCl)C(=O)N1CCC(NC(=O)C2CC2)CC1. The average molecular weight is 273 g/mol. The van der Waals surface area contributed by atoms with Crippen LogP contribution < -0.4 is 5.32 Å². The maximum Gasteiger partial charge on any atom is 0.226 e. The number of alkyl halides is 1. The van der Waals surface area contributed by atoms with E-state index in [2.05, 4.69) is 5.32 Å². The van der Waals surface area contributed by atoms with E-state index < -0.39 is 0 Å². The molecule has 0 spiro atoms. The van der Waals surface area contributed by atoms with Crippen LogP contribution in [-0.4, -0.2) is 41.7 Å². The van der Waals surface area contributed by atoms with E-state index in [4.69, 9.17) is 11.6 Å². The summed E-state index contributed by atoms with van der Waals surface area (Å²) < 4.78 is 0. The summed E-state index contributed by atoms with van der Waals surface area (Å²) in [5.74, 6) is 0.869. The Bertz CT molecular complexity index is 323. The van der Waals surface area contributed by atoms with Crippen LogP contribution in [-0.2, 0) is 9.59 Å². The van der Waals surface area contributed by atoms with E-state index >= 15 is 0 Å². The first-order valence-electron chi connectivity index (χ1n) is 6.77. The lowest BCUT2D eigenvalue weighted by atomic mass is 10.0. The summed E-state index contributed by atoms with van der Waals surface area (Å²) in [5.41, 5.74) is 0. The van der Waals surface area contributed by atoms with Crippen molar-refractivity contribution in [3.63, 3.8) is 0 Å². The molecule has 1 heterocycles. The molecule has 0 bridgehead atoms. The summed E-state index contributed by atoms with van der Waals surface area (Å²) in [7, 11) is 0. The highest BCUT2D eigenvalue weighted by atomic mass is 35.5. The molecule has 1 aliphatic carbocycles. The van der Waals surface area contributed by atoms with E-state index in [0.717, 1.165) is 38.8 Å². The molecule has 0 radical (unpaired) electrons. The number of likely N-dealkylation sites (tertiary alicyclic amines) is 1. The molecular formula is C13H21ClN2O2. The van der Waals surface area contributed by atoms with Gasteiger partial charge in [-0.05, 0) is 25.7 Å². The van der Waals surface area contributed by atoms with Gasteiger partial charge in [-0.3, -0.25) is 9.59 Å². The van der Waals surface area contributed by atoms with Crippen LogP contribution >= 0.6 is 11.6 Å². The first kappa shape index (κ1) is 13.7. The summed E-state index contributed by atoms with van der Waals surface area (Å²) in [4.78, 5) is 25.4. The van der Waals surface area contributed by atoms with Crippen molar-refractivity contribution in [3.05, 3.63) is 0 Å². The highest BCUT2D eigenvalue weighted by Crippen LogP contribution is 2.29. The number of hydrogen-bond donors (Lipinski definition) is 1. The van der Waals surface area contributed by atoms with Gasteiger partial charge in [0.1, 0.15) is 0 Å². The Balaban J connectivity index is 1.73. The number of piperidine rings is 1. The van der Waals surface area contributed by atoms with Gasteiger partial charge < -0.3 is 10.2 Å². The summed E-state index contributed by atoms with van der Waals surface area (Å²) in [5, 5.41) is 3.08.